The summed E-state index contributed by atoms with van der Waals surface area (Å²) in [5, 5.41) is 14.1. The predicted octanol–water partition coefficient (Wildman–Crippen LogP) is 2.18. The standard InChI is InChI=1S/C12H9FN2O6/c1-19-8-5-6(3-4-7(8)13)10-9(12(16)20-2)11(14-21-10)15(17)18/h3-5H,1-2H3. The number of esters is 1. The van der Waals surface area contributed by atoms with Gasteiger partial charge < -0.3 is 19.6 Å². The van der Waals surface area contributed by atoms with Crippen LogP contribution in [0.1, 0.15) is 10.4 Å². The van der Waals surface area contributed by atoms with Gasteiger partial charge in [0, 0.05) is 5.56 Å². The molecule has 0 aliphatic heterocycles. The van der Waals surface area contributed by atoms with Crippen molar-refractivity contribution in [3.8, 4) is 17.1 Å². The summed E-state index contributed by atoms with van der Waals surface area (Å²) in [5.41, 5.74) is -0.259. The molecule has 110 valence electrons. The first-order chi connectivity index (χ1) is 9.99. The summed E-state index contributed by atoms with van der Waals surface area (Å²) >= 11 is 0. The lowest BCUT2D eigenvalue weighted by atomic mass is 10.1. The molecule has 0 saturated carbocycles. The molecular formula is C12H9FN2O6. The van der Waals surface area contributed by atoms with Crippen LogP contribution in [0, 0.1) is 15.9 Å². The fraction of sp³-hybridized carbons (Fsp3) is 0.167. The van der Waals surface area contributed by atoms with Gasteiger partial charge in [0.15, 0.2) is 16.7 Å². The van der Waals surface area contributed by atoms with Crippen LogP contribution in [-0.2, 0) is 4.74 Å². The zero-order chi connectivity index (χ0) is 15.6. The van der Waals surface area contributed by atoms with Gasteiger partial charge in [-0.3, -0.25) is 4.52 Å². The van der Waals surface area contributed by atoms with E-state index in [0.717, 1.165) is 13.2 Å². The van der Waals surface area contributed by atoms with Gasteiger partial charge in [-0.2, -0.15) is 0 Å². The van der Waals surface area contributed by atoms with Crippen LogP contribution in [0.3, 0.4) is 0 Å². The van der Waals surface area contributed by atoms with Crippen LogP contribution < -0.4 is 4.74 Å². The number of nitrogens with zero attached hydrogens (tertiary/aromatic N) is 2. The second kappa shape index (κ2) is 5.57. The molecule has 8 nitrogen and oxygen atoms in total. The van der Waals surface area contributed by atoms with Gasteiger partial charge in [-0.1, -0.05) is 0 Å². The van der Waals surface area contributed by atoms with E-state index >= 15 is 0 Å². The van der Waals surface area contributed by atoms with Crippen molar-refractivity contribution in [2.75, 3.05) is 14.2 Å². The third-order valence-corrected chi connectivity index (χ3v) is 2.65. The Balaban J connectivity index is 2.64. The molecule has 21 heavy (non-hydrogen) atoms. The van der Waals surface area contributed by atoms with Crippen molar-refractivity contribution in [2.45, 2.75) is 0 Å². The fourth-order valence-electron chi connectivity index (χ4n) is 1.69. The Hall–Kier alpha value is -2.97. The number of methoxy groups -OCH3 is 2. The number of hydrogen-bond acceptors (Lipinski definition) is 7. The molecule has 0 bridgehead atoms. The highest BCUT2D eigenvalue weighted by atomic mass is 19.1. The average molecular weight is 296 g/mol. The molecule has 0 radical (unpaired) electrons. The number of nitro groups is 1. The maximum absolute atomic E-state index is 13.4. The summed E-state index contributed by atoms with van der Waals surface area (Å²) in [6.45, 7) is 0. The molecule has 0 fully saturated rings. The Kier molecular flexibility index (Phi) is 3.83. The van der Waals surface area contributed by atoms with Crippen molar-refractivity contribution in [3.05, 3.63) is 39.7 Å². The van der Waals surface area contributed by atoms with Gasteiger partial charge in [0.05, 0.1) is 14.2 Å². The minimum atomic E-state index is -0.985. The van der Waals surface area contributed by atoms with Crippen LogP contribution in [0.5, 0.6) is 5.75 Å². The van der Waals surface area contributed by atoms with E-state index in [1.165, 1.54) is 19.2 Å². The molecule has 0 saturated heterocycles. The van der Waals surface area contributed by atoms with E-state index in [-0.39, 0.29) is 17.1 Å². The van der Waals surface area contributed by atoms with E-state index in [1.807, 2.05) is 0 Å². The quantitative estimate of drug-likeness (QED) is 0.483. The molecule has 0 aliphatic rings. The number of halogens is 1. The van der Waals surface area contributed by atoms with Gasteiger partial charge in [-0.05, 0) is 23.1 Å². The van der Waals surface area contributed by atoms with Gasteiger partial charge in [0.25, 0.3) is 0 Å². The Bertz CT molecular complexity index is 712. The summed E-state index contributed by atoms with van der Waals surface area (Å²) in [7, 11) is 2.32. The Morgan fingerprint density at radius 1 is 1.43 bits per heavy atom. The smallest absolute Gasteiger partial charge is 0.428 e. The van der Waals surface area contributed by atoms with Crippen molar-refractivity contribution >= 4 is 11.8 Å². The Morgan fingerprint density at radius 3 is 2.71 bits per heavy atom. The Morgan fingerprint density at radius 2 is 2.14 bits per heavy atom. The topological polar surface area (TPSA) is 105 Å². The van der Waals surface area contributed by atoms with Gasteiger partial charge in [0.2, 0.25) is 11.3 Å². The van der Waals surface area contributed by atoms with E-state index in [0.29, 0.717) is 0 Å². The zero-order valence-electron chi connectivity index (χ0n) is 11.0. The minimum Gasteiger partial charge on any atom is -0.494 e. The van der Waals surface area contributed by atoms with Crippen molar-refractivity contribution in [3.63, 3.8) is 0 Å². The molecule has 9 heteroatoms. The number of hydrogen-bond donors (Lipinski definition) is 0. The summed E-state index contributed by atoms with van der Waals surface area (Å²) in [6.07, 6.45) is 0. The number of benzene rings is 1. The van der Waals surface area contributed by atoms with E-state index in [9.17, 15) is 19.3 Å². The summed E-state index contributed by atoms with van der Waals surface area (Å²) in [5.74, 6) is -2.70. The lowest BCUT2D eigenvalue weighted by Crippen LogP contribution is -2.05. The maximum atomic E-state index is 13.4. The molecule has 1 aromatic carbocycles. The van der Waals surface area contributed by atoms with E-state index in [2.05, 4.69) is 9.89 Å². The molecule has 0 aliphatic carbocycles. The molecule has 0 unspecified atom stereocenters. The van der Waals surface area contributed by atoms with Crippen molar-refractivity contribution in [1.82, 2.24) is 5.16 Å². The van der Waals surface area contributed by atoms with Crippen molar-refractivity contribution < 1.29 is 28.1 Å². The van der Waals surface area contributed by atoms with Gasteiger partial charge in [0.1, 0.15) is 0 Å². The fourth-order valence-corrected chi connectivity index (χ4v) is 1.69. The lowest BCUT2D eigenvalue weighted by Gasteiger charge is -2.03. The predicted molar refractivity (Wildman–Crippen MR) is 66.4 cm³/mol. The van der Waals surface area contributed by atoms with Crippen molar-refractivity contribution in [2.24, 2.45) is 0 Å². The molecule has 1 aromatic heterocycles. The van der Waals surface area contributed by atoms with Crippen LogP contribution in [0.25, 0.3) is 11.3 Å². The SMILES string of the molecule is COC(=O)c1c([N+](=O)[O-])noc1-c1ccc(F)c(OC)c1. The van der Waals surface area contributed by atoms with Gasteiger partial charge in [-0.25, -0.2) is 9.18 Å². The number of rotatable bonds is 4. The minimum absolute atomic E-state index is 0.109. The molecular weight excluding hydrogens is 287 g/mol. The molecule has 2 rings (SSSR count). The third-order valence-electron chi connectivity index (χ3n) is 2.65. The van der Waals surface area contributed by atoms with Crippen LogP contribution >= 0.6 is 0 Å². The summed E-state index contributed by atoms with van der Waals surface area (Å²) < 4.78 is 27.5. The third kappa shape index (κ3) is 2.53. The van der Waals surface area contributed by atoms with Crippen LogP contribution in [-0.4, -0.2) is 30.3 Å². The van der Waals surface area contributed by atoms with Crippen LogP contribution in [0.15, 0.2) is 22.7 Å². The Labute approximate surface area is 117 Å². The lowest BCUT2D eigenvalue weighted by molar-refractivity contribution is -0.391. The molecule has 0 spiro atoms. The number of carbonyl (C=O) groups excluding carboxylic acids is 1. The molecule has 0 N–H and O–H groups in total. The second-order valence-corrected chi connectivity index (χ2v) is 3.81. The first kappa shape index (κ1) is 14.4. The largest absolute Gasteiger partial charge is 0.494 e. The second-order valence-electron chi connectivity index (χ2n) is 3.81. The van der Waals surface area contributed by atoms with Crippen LogP contribution in [0.4, 0.5) is 10.2 Å². The van der Waals surface area contributed by atoms with E-state index in [4.69, 9.17) is 9.26 Å². The highest BCUT2D eigenvalue weighted by Crippen LogP contribution is 2.33. The van der Waals surface area contributed by atoms with Gasteiger partial charge >= 0.3 is 11.8 Å². The van der Waals surface area contributed by atoms with E-state index in [1.54, 1.807) is 0 Å². The highest BCUT2D eigenvalue weighted by Gasteiger charge is 2.34. The zero-order valence-corrected chi connectivity index (χ0v) is 11.0. The summed E-state index contributed by atoms with van der Waals surface area (Å²) in [6, 6.07) is 3.57. The number of carbonyl (C=O) groups is 1. The maximum Gasteiger partial charge on any atom is 0.428 e. The number of aromatic nitrogens is 1. The molecule has 1 heterocycles. The first-order valence-electron chi connectivity index (χ1n) is 5.55. The normalized spacial score (nSPS) is 10.2. The molecule has 2 aromatic rings. The average Bonchev–Trinajstić information content (AvgIpc) is 2.92. The monoisotopic (exact) mass is 296 g/mol. The highest BCUT2D eigenvalue weighted by molar-refractivity contribution is 5.99. The first-order valence-corrected chi connectivity index (χ1v) is 5.55. The summed E-state index contributed by atoms with van der Waals surface area (Å²) in [4.78, 5) is 21.7. The van der Waals surface area contributed by atoms with Crippen LogP contribution in [0.2, 0.25) is 0 Å². The van der Waals surface area contributed by atoms with Gasteiger partial charge in [-0.15, -0.1) is 0 Å². The molecule has 0 atom stereocenters. The van der Waals surface area contributed by atoms with Crippen molar-refractivity contribution in [1.29, 1.82) is 0 Å². The molecule has 0 amide bonds. The number of ether oxygens (including phenoxy) is 2. The van der Waals surface area contributed by atoms with E-state index < -0.39 is 28.1 Å².